The number of fused-ring (bicyclic) bond motifs is 2. The van der Waals surface area contributed by atoms with Gasteiger partial charge in [-0.25, -0.2) is 0 Å². The molecule has 202 valence electrons. The van der Waals surface area contributed by atoms with Crippen LogP contribution in [-0.4, -0.2) is 41.9 Å². The third-order valence-electron chi connectivity index (χ3n) is 8.12. The molecule has 0 aliphatic carbocycles. The summed E-state index contributed by atoms with van der Waals surface area (Å²) in [6, 6.07) is 25.5. The van der Waals surface area contributed by atoms with Crippen LogP contribution in [0.4, 0.5) is 5.69 Å². The number of likely N-dealkylation sites (tertiary alicyclic amines) is 1. The first-order chi connectivity index (χ1) is 19.5. The standard InChI is InChI=1S/C33H31N3O4/c1-33(39-2,28-9-5-7-24-6-3-4-8-27(24)28)32(38)35-26-12-10-22(11-13-26)23-14-17-36(18-15-23)31(37)25-20-30-29(34-21-25)16-19-40-30/h3-13,16,19-21,23H,14-15,17-18H2,1-2H3,(H,35,38). The molecule has 7 nitrogen and oxygen atoms in total. The van der Waals surface area contributed by atoms with Crippen LogP contribution in [0.5, 0.6) is 0 Å². The Morgan fingerprint density at radius 1 is 1.00 bits per heavy atom. The van der Waals surface area contributed by atoms with Gasteiger partial charge in [-0.05, 0) is 60.2 Å². The smallest absolute Gasteiger partial charge is 0.260 e. The lowest BCUT2D eigenvalue weighted by Gasteiger charge is -2.32. The number of carbonyl (C=O) groups excluding carboxylic acids is 2. The lowest BCUT2D eigenvalue weighted by molar-refractivity contribution is -0.136. The number of amides is 2. The highest BCUT2D eigenvalue weighted by Gasteiger charge is 2.36. The fraction of sp³-hybridized carbons (Fsp3) is 0.242. The van der Waals surface area contributed by atoms with Crippen molar-refractivity contribution in [3.63, 3.8) is 0 Å². The second-order valence-electron chi connectivity index (χ2n) is 10.4. The molecule has 0 radical (unpaired) electrons. The maximum absolute atomic E-state index is 13.5. The highest BCUT2D eigenvalue weighted by Crippen LogP contribution is 2.34. The topological polar surface area (TPSA) is 84.7 Å². The molecular formula is C33H31N3O4. The molecule has 3 aromatic carbocycles. The van der Waals surface area contributed by atoms with Gasteiger partial charge in [0.2, 0.25) is 0 Å². The molecule has 1 aliphatic heterocycles. The zero-order valence-corrected chi connectivity index (χ0v) is 22.6. The van der Waals surface area contributed by atoms with E-state index in [0.29, 0.717) is 35.8 Å². The molecule has 1 unspecified atom stereocenters. The molecule has 2 aromatic heterocycles. The van der Waals surface area contributed by atoms with Gasteiger partial charge in [0.15, 0.2) is 11.2 Å². The van der Waals surface area contributed by atoms with Crippen LogP contribution in [0.25, 0.3) is 21.9 Å². The number of pyridine rings is 1. The number of hydrogen-bond acceptors (Lipinski definition) is 5. The summed E-state index contributed by atoms with van der Waals surface area (Å²) in [5.74, 6) is 0.0993. The van der Waals surface area contributed by atoms with Crippen molar-refractivity contribution in [3.05, 3.63) is 108 Å². The summed E-state index contributed by atoms with van der Waals surface area (Å²) in [6.07, 6.45) is 4.94. The summed E-state index contributed by atoms with van der Waals surface area (Å²) in [4.78, 5) is 32.7. The summed E-state index contributed by atoms with van der Waals surface area (Å²) < 4.78 is 11.2. The van der Waals surface area contributed by atoms with Crippen molar-refractivity contribution in [1.82, 2.24) is 9.88 Å². The quantitative estimate of drug-likeness (QED) is 0.269. The molecule has 0 spiro atoms. The first kappa shape index (κ1) is 25.8. The SMILES string of the molecule is COC(C)(C(=O)Nc1ccc(C2CCN(C(=O)c3cnc4ccoc4c3)CC2)cc1)c1cccc2ccccc12. The van der Waals surface area contributed by atoms with Crippen molar-refractivity contribution in [2.24, 2.45) is 0 Å². The monoisotopic (exact) mass is 533 g/mol. The van der Waals surface area contributed by atoms with Crippen molar-refractivity contribution in [2.45, 2.75) is 31.3 Å². The molecule has 40 heavy (non-hydrogen) atoms. The number of methoxy groups -OCH3 is 1. The Kier molecular flexibility index (Phi) is 6.82. The van der Waals surface area contributed by atoms with E-state index in [1.54, 1.807) is 38.6 Å². The molecular weight excluding hydrogens is 502 g/mol. The zero-order valence-electron chi connectivity index (χ0n) is 22.6. The van der Waals surface area contributed by atoms with Gasteiger partial charge in [-0.2, -0.15) is 0 Å². The van der Waals surface area contributed by atoms with Crippen molar-refractivity contribution >= 4 is 39.4 Å². The highest BCUT2D eigenvalue weighted by molar-refractivity contribution is 6.01. The van der Waals surface area contributed by atoms with Crippen molar-refractivity contribution in [2.75, 3.05) is 25.5 Å². The summed E-state index contributed by atoms with van der Waals surface area (Å²) in [7, 11) is 1.56. The Hall–Kier alpha value is -4.49. The average Bonchev–Trinajstić information content (AvgIpc) is 3.48. The summed E-state index contributed by atoms with van der Waals surface area (Å²) in [5.41, 5.74) is 3.50. The van der Waals surface area contributed by atoms with Crippen molar-refractivity contribution < 1.29 is 18.7 Å². The van der Waals surface area contributed by atoms with Gasteiger partial charge in [0.1, 0.15) is 5.52 Å². The maximum atomic E-state index is 13.5. The summed E-state index contributed by atoms with van der Waals surface area (Å²) in [6.45, 7) is 3.15. The van der Waals surface area contributed by atoms with Crippen LogP contribution in [0.2, 0.25) is 0 Å². The molecule has 6 rings (SSSR count). The summed E-state index contributed by atoms with van der Waals surface area (Å²) in [5, 5.41) is 5.09. The Labute approximate surface area is 232 Å². The van der Waals surface area contributed by atoms with Gasteiger partial charge >= 0.3 is 0 Å². The second-order valence-corrected chi connectivity index (χ2v) is 10.4. The molecule has 1 aliphatic rings. The Morgan fingerprint density at radius 3 is 2.52 bits per heavy atom. The van der Waals surface area contributed by atoms with Crippen LogP contribution < -0.4 is 5.32 Å². The Morgan fingerprint density at radius 2 is 1.75 bits per heavy atom. The minimum Gasteiger partial charge on any atom is -0.463 e. The predicted octanol–water partition coefficient (Wildman–Crippen LogP) is 6.50. The number of anilines is 1. The van der Waals surface area contributed by atoms with Crippen LogP contribution >= 0.6 is 0 Å². The van der Waals surface area contributed by atoms with Crippen molar-refractivity contribution in [3.8, 4) is 0 Å². The summed E-state index contributed by atoms with van der Waals surface area (Å²) >= 11 is 0. The maximum Gasteiger partial charge on any atom is 0.260 e. The minimum absolute atomic E-state index is 0.0188. The lowest BCUT2D eigenvalue weighted by atomic mass is 9.88. The highest BCUT2D eigenvalue weighted by atomic mass is 16.5. The number of hydrogen-bond donors (Lipinski definition) is 1. The molecule has 5 aromatic rings. The molecule has 2 amide bonds. The van der Waals surface area contributed by atoms with Crippen LogP contribution in [-0.2, 0) is 15.1 Å². The number of nitrogens with zero attached hydrogens (tertiary/aromatic N) is 2. The average molecular weight is 534 g/mol. The number of benzene rings is 3. The van der Waals surface area contributed by atoms with Gasteiger partial charge in [0.25, 0.3) is 11.8 Å². The Balaban J connectivity index is 1.10. The van der Waals surface area contributed by atoms with E-state index in [1.165, 1.54) is 5.56 Å². The largest absolute Gasteiger partial charge is 0.463 e. The van der Waals surface area contributed by atoms with E-state index >= 15 is 0 Å². The molecule has 3 heterocycles. The minimum atomic E-state index is -1.16. The molecule has 0 saturated carbocycles. The van der Waals surface area contributed by atoms with Gasteiger partial charge in [-0.15, -0.1) is 0 Å². The van der Waals surface area contributed by atoms with E-state index in [2.05, 4.69) is 22.4 Å². The number of furan rings is 1. The predicted molar refractivity (Wildman–Crippen MR) is 155 cm³/mol. The number of piperidine rings is 1. The van der Waals surface area contributed by atoms with Gasteiger partial charge in [-0.1, -0.05) is 54.6 Å². The molecule has 1 atom stereocenters. The number of ether oxygens (including phenoxy) is 1. The van der Waals surface area contributed by atoms with Crippen molar-refractivity contribution in [1.29, 1.82) is 0 Å². The van der Waals surface area contributed by atoms with Crippen LogP contribution in [0.3, 0.4) is 0 Å². The van der Waals surface area contributed by atoms with Crippen LogP contribution in [0, 0.1) is 0 Å². The number of carbonyl (C=O) groups is 2. The molecule has 0 bridgehead atoms. The number of nitrogens with one attached hydrogen (secondary N) is 1. The van der Waals surface area contributed by atoms with Gasteiger partial charge in [0.05, 0.1) is 11.8 Å². The third kappa shape index (κ3) is 4.73. The first-order valence-corrected chi connectivity index (χ1v) is 13.5. The number of aromatic nitrogens is 1. The van der Waals surface area contributed by atoms with Crippen LogP contribution in [0.15, 0.2) is 95.7 Å². The number of rotatable bonds is 6. The molecule has 1 fully saturated rings. The van der Waals surface area contributed by atoms with E-state index in [0.717, 1.165) is 34.7 Å². The van der Waals surface area contributed by atoms with E-state index in [4.69, 9.17) is 9.15 Å². The van der Waals surface area contributed by atoms with Crippen LogP contribution in [0.1, 0.15) is 47.2 Å². The van der Waals surface area contributed by atoms with Gasteiger partial charge in [-0.3, -0.25) is 14.6 Å². The first-order valence-electron chi connectivity index (χ1n) is 13.5. The molecule has 7 heteroatoms. The second kappa shape index (κ2) is 10.6. The van der Waals surface area contributed by atoms with Gasteiger partial charge < -0.3 is 19.4 Å². The normalized spacial score (nSPS) is 15.7. The van der Waals surface area contributed by atoms with E-state index in [9.17, 15) is 9.59 Å². The molecule has 1 N–H and O–H groups in total. The Bertz CT molecular complexity index is 1680. The molecule has 1 saturated heterocycles. The van der Waals surface area contributed by atoms with E-state index in [-0.39, 0.29) is 11.8 Å². The lowest BCUT2D eigenvalue weighted by Crippen LogP contribution is -2.39. The third-order valence-corrected chi connectivity index (χ3v) is 8.12. The van der Waals surface area contributed by atoms with Gasteiger partial charge in [0, 0.05) is 43.7 Å². The fourth-order valence-corrected chi connectivity index (χ4v) is 5.62. The zero-order chi connectivity index (χ0) is 27.7. The van der Waals surface area contributed by atoms with E-state index < -0.39 is 5.60 Å². The van der Waals surface area contributed by atoms with E-state index in [1.807, 2.05) is 59.5 Å². The fourth-order valence-electron chi connectivity index (χ4n) is 5.62.